The summed E-state index contributed by atoms with van der Waals surface area (Å²) in [5.41, 5.74) is 0.525. The van der Waals surface area contributed by atoms with Gasteiger partial charge in [-0.2, -0.15) is 0 Å². The van der Waals surface area contributed by atoms with E-state index < -0.39 is 0 Å². The summed E-state index contributed by atoms with van der Waals surface area (Å²) in [5.74, 6) is -0.00259. The summed E-state index contributed by atoms with van der Waals surface area (Å²) in [6.07, 6.45) is 4.11. The molecule has 0 N–H and O–H groups in total. The largest absolute Gasteiger partial charge is 0.370 e. The lowest BCUT2D eigenvalue weighted by molar-refractivity contribution is 0.0180. The van der Waals surface area contributed by atoms with E-state index >= 15 is 0 Å². The van der Waals surface area contributed by atoms with Crippen LogP contribution in [0, 0.1) is 0 Å². The Kier molecular flexibility index (Phi) is 2.58. The van der Waals surface area contributed by atoms with Crippen LogP contribution < -0.4 is 0 Å². The van der Waals surface area contributed by atoms with E-state index in [1.165, 1.54) is 10.9 Å². The van der Waals surface area contributed by atoms with E-state index in [4.69, 9.17) is 4.74 Å². The molecule has 1 aliphatic rings. The Labute approximate surface area is 82.1 Å². The number of carbonyl (C=O) groups is 1. The van der Waals surface area contributed by atoms with Crippen LogP contribution in [-0.2, 0) is 11.8 Å². The molecule has 2 rings (SSSR count). The van der Waals surface area contributed by atoms with Crippen molar-refractivity contribution in [1.82, 2.24) is 15.0 Å². The van der Waals surface area contributed by atoms with Crippen molar-refractivity contribution in [2.45, 2.75) is 25.4 Å². The summed E-state index contributed by atoms with van der Waals surface area (Å²) < 4.78 is 6.89. The van der Waals surface area contributed by atoms with E-state index in [1.807, 2.05) is 0 Å². The minimum absolute atomic E-state index is 0.00259. The summed E-state index contributed by atoms with van der Waals surface area (Å²) in [5, 5.41) is 7.40. The van der Waals surface area contributed by atoms with Crippen LogP contribution in [0.1, 0.15) is 29.8 Å². The van der Waals surface area contributed by atoms with E-state index in [-0.39, 0.29) is 11.9 Å². The minimum Gasteiger partial charge on any atom is -0.370 e. The van der Waals surface area contributed by atoms with Gasteiger partial charge < -0.3 is 4.74 Å². The fraction of sp³-hybridized carbons (Fsp3) is 0.667. The van der Waals surface area contributed by atoms with Crippen LogP contribution in [0.4, 0.5) is 0 Å². The summed E-state index contributed by atoms with van der Waals surface area (Å²) in [6, 6.07) is 0. The van der Waals surface area contributed by atoms with Crippen LogP contribution in [-0.4, -0.2) is 33.5 Å². The van der Waals surface area contributed by atoms with Gasteiger partial charge in [0.2, 0.25) is 5.78 Å². The molecule has 1 aromatic rings. The third kappa shape index (κ3) is 1.68. The van der Waals surface area contributed by atoms with E-state index in [1.54, 1.807) is 7.05 Å². The molecule has 5 nitrogen and oxygen atoms in total. The van der Waals surface area contributed by atoms with Crippen molar-refractivity contribution in [3.05, 3.63) is 11.9 Å². The first kappa shape index (κ1) is 9.33. The summed E-state index contributed by atoms with van der Waals surface area (Å²) in [6.45, 7) is 0.682. The number of hydrogen-bond donors (Lipinski definition) is 0. The van der Waals surface area contributed by atoms with Gasteiger partial charge in [-0.05, 0) is 19.3 Å². The molecule has 1 aromatic heterocycles. The highest BCUT2D eigenvalue weighted by Crippen LogP contribution is 2.16. The van der Waals surface area contributed by atoms with Gasteiger partial charge in [0.15, 0.2) is 0 Å². The quantitative estimate of drug-likeness (QED) is 0.647. The smallest absolute Gasteiger partial charge is 0.211 e. The van der Waals surface area contributed by atoms with Crippen LogP contribution in [0.5, 0.6) is 0 Å². The number of carbonyl (C=O) groups excluding carboxylic acids is 1. The monoisotopic (exact) mass is 195 g/mol. The third-order valence-electron chi connectivity index (χ3n) is 2.44. The lowest BCUT2D eigenvalue weighted by Gasteiger charge is -2.20. The van der Waals surface area contributed by atoms with Gasteiger partial charge >= 0.3 is 0 Å². The first-order valence-electron chi connectivity index (χ1n) is 4.79. The zero-order chi connectivity index (χ0) is 9.97. The molecule has 0 radical (unpaired) electrons. The fourth-order valence-electron chi connectivity index (χ4n) is 1.63. The Morgan fingerprint density at radius 2 is 2.50 bits per heavy atom. The zero-order valence-electron chi connectivity index (χ0n) is 8.14. The number of rotatable bonds is 2. The molecule has 1 aliphatic heterocycles. The molecule has 0 aliphatic carbocycles. The van der Waals surface area contributed by atoms with Crippen LogP contribution >= 0.6 is 0 Å². The van der Waals surface area contributed by atoms with Crippen molar-refractivity contribution in [2.75, 3.05) is 6.61 Å². The molecule has 2 heterocycles. The summed E-state index contributed by atoms with van der Waals surface area (Å²) in [4.78, 5) is 11.9. The average molecular weight is 195 g/mol. The van der Waals surface area contributed by atoms with Gasteiger partial charge in [-0.25, -0.2) is 4.68 Å². The highest BCUT2D eigenvalue weighted by atomic mass is 16.5. The average Bonchev–Trinajstić information content (AvgIpc) is 2.65. The maximum atomic E-state index is 11.9. The van der Waals surface area contributed by atoms with Gasteiger partial charge in [0, 0.05) is 13.7 Å². The Morgan fingerprint density at radius 1 is 1.64 bits per heavy atom. The second kappa shape index (κ2) is 3.88. The number of ketones is 1. The number of aromatic nitrogens is 3. The first-order valence-corrected chi connectivity index (χ1v) is 4.79. The number of aryl methyl sites for hydroxylation is 1. The molecule has 0 spiro atoms. The Morgan fingerprint density at radius 3 is 3.07 bits per heavy atom. The molecule has 5 heteroatoms. The van der Waals surface area contributed by atoms with Gasteiger partial charge in [-0.1, -0.05) is 5.21 Å². The standard InChI is InChI=1S/C9H13N3O2/c1-12-7(6-10-11-12)9(13)8-4-2-3-5-14-8/h6,8H,2-5H2,1H3. The highest BCUT2D eigenvalue weighted by Gasteiger charge is 2.25. The second-order valence-electron chi connectivity index (χ2n) is 3.46. The fourth-order valence-corrected chi connectivity index (χ4v) is 1.63. The van der Waals surface area contributed by atoms with E-state index in [2.05, 4.69) is 10.3 Å². The van der Waals surface area contributed by atoms with E-state index in [9.17, 15) is 4.79 Å². The number of hydrogen-bond acceptors (Lipinski definition) is 4. The summed E-state index contributed by atoms with van der Waals surface area (Å²) >= 11 is 0. The molecule has 0 amide bonds. The van der Waals surface area contributed by atoms with Crippen LogP contribution in [0.15, 0.2) is 6.20 Å². The zero-order valence-corrected chi connectivity index (χ0v) is 8.14. The number of Topliss-reactive ketones (excluding diaryl/α,β-unsaturated/α-hetero) is 1. The molecule has 1 fully saturated rings. The van der Waals surface area contributed by atoms with Crippen molar-refractivity contribution < 1.29 is 9.53 Å². The lowest BCUT2D eigenvalue weighted by atomic mass is 10.0. The van der Waals surface area contributed by atoms with Crippen molar-refractivity contribution in [3.63, 3.8) is 0 Å². The highest BCUT2D eigenvalue weighted by molar-refractivity contribution is 5.97. The normalized spacial score (nSPS) is 22.2. The lowest BCUT2D eigenvalue weighted by Crippen LogP contribution is -2.29. The predicted molar refractivity (Wildman–Crippen MR) is 48.9 cm³/mol. The topological polar surface area (TPSA) is 57.0 Å². The van der Waals surface area contributed by atoms with Crippen molar-refractivity contribution >= 4 is 5.78 Å². The molecule has 0 aromatic carbocycles. The van der Waals surface area contributed by atoms with Gasteiger partial charge in [0.05, 0.1) is 6.20 Å². The molecule has 1 unspecified atom stereocenters. The Hall–Kier alpha value is -1.23. The number of nitrogens with zero attached hydrogens (tertiary/aromatic N) is 3. The van der Waals surface area contributed by atoms with Gasteiger partial charge in [-0.3, -0.25) is 4.79 Å². The van der Waals surface area contributed by atoms with Crippen LogP contribution in [0.3, 0.4) is 0 Å². The maximum absolute atomic E-state index is 11.9. The second-order valence-corrected chi connectivity index (χ2v) is 3.46. The molecule has 1 atom stereocenters. The molecule has 76 valence electrons. The molecule has 0 bridgehead atoms. The van der Waals surface area contributed by atoms with Crippen molar-refractivity contribution in [3.8, 4) is 0 Å². The molecular weight excluding hydrogens is 182 g/mol. The minimum atomic E-state index is -0.291. The molecule has 1 saturated heterocycles. The SMILES string of the molecule is Cn1nncc1C(=O)C1CCCCO1. The van der Waals surface area contributed by atoms with E-state index in [0.717, 1.165) is 19.3 Å². The van der Waals surface area contributed by atoms with E-state index in [0.29, 0.717) is 12.3 Å². The molecule has 14 heavy (non-hydrogen) atoms. The van der Waals surface area contributed by atoms with Crippen LogP contribution in [0.25, 0.3) is 0 Å². The van der Waals surface area contributed by atoms with Crippen molar-refractivity contribution in [2.24, 2.45) is 7.05 Å². The molecule has 0 saturated carbocycles. The van der Waals surface area contributed by atoms with Crippen LogP contribution in [0.2, 0.25) is 0 Å². The number of ether oxygens (including phenoxy) is 1. The third-order valence-corrected chi connectivity index (χ3v) is 2.44. The Balaban J connectivity index is 2.11. The summed E-state index contributed by atoms with van der Waals surface area (Å²) in [7, 11) is 1.71. The van der Waals surface area contributed by atoms with Crippen molar-refractivity contribution in [1.29, 1.82) is 0 Å². The van der Waals surface area contributed by atoms with Gasteiger partial charge in [0.25, 0.3) is 0 Å². The van der Waals surface area contributed by atoms with Gasteiger partial charge in [-0.15, -0.1) is 5.10 Å². The molecular formula is C9H13N3O2. The predicted octanol–water partition coefficient (Wildman–Crippen LogP) is 0.567. The Bertz CT molecular complexity index is 329. The van der Waals surface area contributed by atoms with Gasteiger partial charge in [0.1, 0.15) is 11.8 Å². The first-order chi connectivity index (χ1) is 6.79. The maximum Gasteiger partial charge on any atom is 0.211 e.